The minimum atomic E-state index is 0.328. The van der Waals surface area contributed by atoms with E-state index in [0.717, 1.165) is 67.5 Å². The molecule has 49 heavy (non-hydrogen) atoms. The summed E-state index contributed by atoms with van der Waals surface area (Å²) < 4.78 is 8.41. The monoisotopic (exact) mass is 639 g/mol. The number of fused-ring (bicyclic) bond motifs is 3. The van der Waals surface area contributed by atoms with E-state index in [0.29, 0.717) is 11.8 Å². The molecule has 0 fully saturated rings. The number of benzene rings is 5. The van der Waals surface area contributed by atoms with Gasteiger partial charge in [-0.15, -0.1) is 0 Å². The maximum atomic E-state index is 6.39. The van der Waals surface area contributed by atoms with Crippen molar-refractivity contribution in [1.29, 1.82) is 0 Å². The van der Waals surface area contributed by atoms with Crippen LogP contribution < -0.4 is 4.90 Å². The van der Waals surface area contributed by atoms with Crippen molar-refractivity contribution in [2.45, 2.75) is 39.5 Å². The Morgan fingerprint density at radius 2 is 1.31 bits per heavy atom. The Labute approximate surface area is 286 Å². The average molecular weight is 640 g/mol. The molecule has 0 bridgehead atoms. The van der Waals surface area contributed by atoms with Gasteiger partial charge in [0.25, 0.3) is 0 Å². The summed E-state index contributed by atoms with van der Waals surface area (Å²) in [5.74, 6) is 2.25. The first kappa shape index (κ1) is 30.3. The minimum Gasteiger partial charge on any atom is -0.455 e. The average Bonchev–Trinajstić information content (AvgIpc) is 3.78. The van der Waals surface area contributed by atoms with E-state index in [1.54, 1.807) is 6.33 Å². The van der Waals surface area contributed by atoms with Crippen LogP contribution in [0.15, 0.2) is 144 Å². The normalized spacial score (nSPS) is 11.6. The van der Waals surface area contributed by atoms with Gasteiger partial charge in [-0.3, -0.25) is 4.90 Å². The van der Waals surface area contributed by atoms with Crippen molar-refractivity contribution in [3.63, 3.8) is 0 Å². The zero-order valence-electron chi connectivity index (χ0n) is 28.1. The number of aromatic nitrogens is 4. The molecule has 0 radical (unpaired) electrons. The Kier molecular flexibility index (Phi) is 7.77. The number of para-hydroxylation sites is 4. The van der Waals surface area contributed by atoms with Gasteiger partial charge in [0.05, 0.1) is 11.4 Å². The van der Waals surface area contributed by atoms with Crippen LogP contribution in [0.4, 0.5) is 17.2 Å². The molecular weight excluding hydrogens is 603 g/mol. The summed E-state index contributed by atoms with van der Waals surface area (Å²) in [6.45, 7) is 8.92. The van der Waals surface area contributed by atoms with Gasteiger partial charge in [0.2, 0.25) is 0 Å². The van der Waals surface area contributed by atoms with E-state index < -0.39 is 0 Å². The van der Waals surface area contributed by atoms with Gasteiger partial charge < -0.3 is 4.42 Å². The molecule has 6 heteroatoms. The quantitative estimate of drug-likeness (QED) is 0.166. The molecule has 3 aromatic heterocycles. The molecular formula is C43H37N5O. The fourth-order valence-electron chi connectivity index (χ4n) is 6.78. The summed E-state index contributed by atoms with van der Waals surface area (Å²) in [6.07, 6.45) is 1.65. The number of furan rings is 1. The Hall–Kier alpha value is -6.01. The molecule has 0 N–H and O–H groups in total. The highest BCUT2D eigenvalue weighted by molar-refractivity contribution is 6.09. The van der Waals surface area contributed by atoms with Gasteiger partial charge in [-0.1, -0.05) is 113 Å². The molecule has 0 spiro atoms. The lowest BCUT2D eigenvalue weighted by Crippen LogP contribution is -2.12. The predicted octanol–water partition coefficient (Wildman–Crippen LogP) is 11.6. The molecule has 0 unspecified atom stereocenters. The molecule has 0 saturated heterocycles. The summed E-state index contributed by atoms with van der Waals surface area (Å²) in [5, 5.41) is 6.98. The Morgan fingerprint density at radius 1 is 0.633 bits per heavy atom. The third-order valence-corrected chi connectivity index (χ3v) is 9.12. The second-order valence-corrected chi connectivity index (χ2v) is 13.0. The van der Waals surface area contributed by atoms with Crippen molar-refractivity contribution >= 4 is 39.1 Å². The summed E-state index contributed by atoms with van der Waals surface area (Å²) in [6, 6.07) is 46.0. The lowest BCUT2D eigenvalue weighted by atomic mass is 9.92. The van der Waals surface area contributed by atoms with E-state index in [1.807, 2.05) is 35.0 Å². The molecule has 5 aromatic carbocycles. The second-order valence-electron chi connectivity index (χ2n) is 13.0. The number of anilines is 3. The summed E-state index contributed by atoms with van der Waals surface area (Å²) in [7, 11) is 0. The molecule has 0 aliphatic carbocycles. The molecule has 240 valence electrons. The first-order chi connectivity index (χ1) is 24.0. The van der Waals surface area contributed by atoms with E-state index in [4.69, 9.17) is 19.5 Å². The van der Waals surface area contributed by atoms with Gasteiger partial charge in [0, 0.05) is 33.3 Å². The fraction of sp³-hybridized carbons (Fsp3) is 0.140. The van der Waals surface area contributed by atoms with Crippen LogP contribution in [0.3, 0.4) is 0 Å². The molecule has 0 aliphatic heterocycles. The topological polar surface area (TPSA) is 60.0 Å². The van der Waals surface area contributed by atoms with Gasteiger partial charge in [-0.25, -0.2) is 14.6 Å². The predicted molar refractivity (Wildman–Crippen MR) is 200 cm³/mol. The van der Waals surface area contributed by atoms with Crippen LogP contribution in [-0.2, 0) is 0 Å². The van der Waals surface area contributed by atoms with Crippen molar-refractivity contribution < 1.29 is 4.42 Å². The third-order valence-electron chi connectivity index (χ3n) is 9.12. The number of nitrogens with zero attached hydrogens (tertiary/aromatic N) is 5. The standard InChI is InChI=1S/C43H37N5O/c1-28(2)33-19-11-20-34(29(3)4)41(33)48-43(44-27-45-48)30-14-10-17-32(26-30)47(31-15-6-5-7-16-31)40-25-13-23-38(46-40)37-22-12-21-36-35-18-8-9-24-39(35)49-42(36)37/h5-29H,1-4H3. The first-order valence-electron chi connectivity index (χ1n) is 16.8. The third kappa shape index (κ3) is 5.45. The van der Waals surface area contributed by atoms with Crippen LogP contribution in [0.1, 0.15) is 50.7 Å². The van der Waals surface area contributed by atoms with Gasteiger partial charge in [0.15, 0.2) is 5.82 Å². The number of rotatable bonds is 8. The molecule has 3 heterocycles. The molecule has 0 atom stereocenters. The van der Waals surface area contributed by atoms with Crippen molar-refractivity contribution in [2.75, 3.05) is 4.90 Å². The Balaban J connectivity index is 1.26. The number of hydrogen-bond donors (Lipinski definition) is 0. The van der Waals surface area contributed by atoms with Crippen LogP contribution in [0, 0.1) is 0 Å². The highest BCUT2D eigenvalue weighted by Crippen LogP contribution is 2.40. The smallest absolute Gasteiger partial charge is 0.163 e. The van der Waals surface area contributed by atoms with Gasteiger partial charge >= 0.3 is 0 Å². The van der Waals surface area contributed by atoms with Crippen LogP contribution in [0.2, 0.25) is 0 Å². The van der Waals surface area contributed by atoms with Crippen LogP contribution >= 0.6 is 0 Å². The highest BCUT2D eigenvalue weighted by Gasteiger charge is 2.22. The maximum Gasteiger partial charge on any atom is 0.163 e. The van der Waals surface area contributed by atoms with Crippen LogP contribution in [0.25, 0.3) is 50.3 Å². The van der Waals surface area contributed by atoms with Crippen molar-refractivity contribution in [3.8, 4) is 28.3 Å². The van der Waals surface area contributed by atoms with Crippen molar-refractivity contribution in [2.24, 2.45) is 0 Å². The molecule has 6 nitrogen and oxygen atoms in total. The van der Waals surface area contributed by atoms with E-state index in [9.17, 15) is 0 Å². The van der Waals surface area contributed by atoms with Crippen LogP contribution in [0.5, 0.6) is 0 Å². The van der Waals surface area contributed by atoms with Gasteiger partial charge in [-0.05, 0) is 71.5 Å². The fourth-order valence-corrected chi connectivity index (χ4v) is 6.78. The maximum absolute atomic E-state index is 6.39. The van der Waals surface area contributed by atoms with E-state index in [1.165, 1.54) is 11.1 Å². The van der Waals surface area contributed by atoms with E-state index in [2.05, 4.69) is 136 Å². The number of hydrogen-bond acceptors (Lipinski definition) is 5. The largest absolute Gasteiger partial charge is 0.455 e. The molecule has 0 amide bonds. The van der Waals surface area contributed by atoms with Gasteiger partial charge in [0.1, 0.15) is 23.3 Å². The van der Waals surface area contributed by atoms with Gasteiger partial charge in [-0.2, -0.15) is 5.10 Å². The lowest BCUT2D eigenvalue weighted by molar-refractivity contribution is 0.670. The summed E-state index contributed by atoms with van der Waals surface area (Å²) >= 11 is 0. The Bertz CT molecular complexity index is 2400. The van der Waals surface area contributed by atoms with Crippen LogP contribution in [-0.4, -0.2) is 19.7 Å². The molecule has 8 rings (SSSR count). The second kappa shape index (κ2) is 12.5. The Morgan fingerprint density at radius 3 is 2.10 bits per heavy atom. The summed E-state index contributed by atoms with van der Waals surface area (Å²) in [5.41, 5.74) is 10.0. The molecule has 0 aliphatic rings. The van der Waals surface area contributed by atoms with E-state index in [-0.39, 0.29) is 0 Å². The summed E-state index contributed by atoms with van der Waals surface area (Å²) in [4.78, 5) is 12.3. The lowest BCUT2D eigenvalue weighted by Gasteiger charge is -2.25. The zero-order valence-corrected chi connectivity index (χ0v) is 28.1. The molecule has 0 saturated carbocycles. The number of pyridine rings is 1. The SMILES string of the molecule is CC(C)c1cccc(C(C)C)c1-n1ncnc1-c1cccc(N(c2ccccc2)c2cccc(-c3cccc4c3oc3ccccc34)n2)c1. The van der Waals surface area contributed by atoms with Crippen molar-refractivity contribution in [1.82, 2.24) is 19.7 Å². The van der Waals surface area contributed by atoms with E-state index >= 15 is 0 Å². The highest BCUT2D eigenvalue weighted by atomic mass is 16.3. The minimum absolute atomic E-state index is 0.328. The van der Waals surface area contributed by atoms with Crippen molar-refractivity contribution in [3.05, 3.63) is 151 Å². The molecule has 8 aromatic rings. The first-order valence-corrected chi connectivity index (χ1v) is 16.8. The zero-order chi connectivity index (χ0) is 33.5.